The van der Waals surface area contributed by atoms with E-state index in [4.69, 9.17) is 4.74 Å². The highest BCUT2D eigenvalue weighted by Crippen LogP contribution is 2.17. The first-order valence-electron chi connectivity index (χ1n) is 7.59. The standard InChI is InChI=1S/C19H15N3O3/c1-13(23)14-7-9-15(10-8-14)18(24)22-16-11-20-19(21-12-16)25-17-5-3-2-4-6-17/h2-12H,1H3,(H,22,24). The summed E-state index contributed by atoms with van der Waals surface area (Å²) in [4.78, 5) is 31.6. The minimum atomic E-state index is -0.310. The van der Waals surface area contributed by atoms with Crippen LogP contribution >= 0.6 is 0 Å². The van der Waals surface area contributed by atoms with E-state index >= 15 is 0 Å². The third-order valence-electron chi connectivity index (χ3n) is 3.39. The summed E-state index contributed by atoms with van der Waals surface area (Å²) in [6.45, 7) is 1.48. The molecule has 0 saturated carbocycles. The number of amides is 1. The molecule has 1 amide bonds. The number of hydrogen-bond acceptors (Lipinski definition) is 5. The second kappa shape index (κ2) is 7.35. The zero-order valence-electron chi connectivity index (χ0n) is 13.5. The van der Waals surface area contributed by atoms with Crippen molar-refractivity contribution in [3.8, 4) is 11.8 Å². The molecular formula is C19H15N3O3. The molecular weight excluding hydrogens is 318 g/mol. The molecule has 0 aliphatic carbocycles. The van der Waals surface area contributed by atoms with Crippen molar-refractivity contribution in [3.63, 3.8) is 0 Å². The van der Waals surface area contributed by atoms with Crippen molar-refractivity contribution in [3.05, 3.63) is 78.1 Å². The molecule has 6 nitrogen and oxygen atoms in total. The van der Waals surface area contributed by atoms with Gasteiger partial charge in [0.05, 0.1) is 18.1 Å². The minimum absolute atomic E-state index is 0.0469. The number of anilines is 1. The van der Waals surface area contributed by atoms with Crippen molar-refractivity contribution in [1.29, 1.82) is 0 Å². The smallest absolute Gasteiger partial charge is 0.322 e. The van der Waals surface area contributed by atoms with Crippen LogP contribution in [0.5, 0.6) is 11.8 Å². The molecule has 0 spiro atoms. The Kier molecular flexibility index (Phi) is 4.80. The van der Waals surface area contributed by atoms with Gasteiger partial charge in [0.2, 0.25) is 0 Å². The van der Waals surface area contributed by atoms with Gasteiger partial charge in [-0.05, 0) is 31.2 Å². The molecule has 3 rings (SSSR count). The average Bonchev–Trinajstić information content (AvgIpc) is 2.64. The molecule has 0 aliphatic rings. The van der Waals surface area contributed by atoms with Gasteiger partial charge >= 0.3 is 6.01 Å². The molecule has 0 fully saturated rings. The maximum atomic E-state index is 12.2. The molecule has 3 aromatic rings. The summed E-state index contributed by atoms with van der Waals surface area (Å²) < 4.78 is 5.49. The van der Waals surface area contributed by atoms with Crippen LogP contribution in [-0.4, -0.2) is 21.7 Å². The fourth-order valence-corrected chi connectivity index (χ4v) is 2.09. The molecule has 1 aromatic heterocycles. The normalized spacial score (nSPS) is 10.1. The third-order valence-corrected chi connectivity index (χ3v) is 3.39. The van der Waals surface area contributed by atoms with Gasteiger partial charge in [0.25, 0.3) is 5.91 Å². The fraction of sp³-hybridized carbons (Fsp3) is 0.0526. The van der Waals surface area contributed by atoms with E-state index < -0.39 is 0 Å². The van der Waals surface area contributed by atoms with Crippen molar-refractivity contribution in [1.82, 2.24) is 9.97 Å². The van der Waals surface area contributed by atoms with Crippen molar-refractivity contribution in [2.24, 2.45) is 0 Å². The molecule has 0 aliphatic heterocycles. The Morgan fingerprint density at radius 2 is 1.48 bits per heavy atom. The molecule has 6 heteroatoms. The van der Waals surface area contributed by atoms with Crippen LogP contribution in [0.25, 0.3) is 0 Å². The second-order valence-corrected chi connectivity index (χ2v) is 5.26. The number of carbonyl (C=O) groups is 2. The Balaban J connectivity index is 1.64. The Labute approximate surface area is 144 Å². The van der Waals surface area contributed by atoms with Crippen LogP contribution in [0.15, 0.2) is 67.0 Å². The predicted molar refractivity (Wildman–Crippen MR) is 92.9 cm³/mol. The van der Waals surface area contributed by atoms with Crippen LogP contribution < -0.4 is 10.1 Å². The summed E-state index contributed by atoms with van der Waals surface area (Å²) in [5.41, 5.74) is 1.44. The highest BCUT2D eigenvalue weighted by atomic mass is 16.5. The fourth-order valence-electron chi connectivity index (χ4n) is 2.09. The number of ketones is 1. The number of nitrogens with zero attached hydrogens (tertiary/aromatic N) is 2. The van der Waals surface area contributed by atoms with E-state index in [0.29, 0.717) is 22.6 Å². The van der Waals surface area contributed by atoms with Crippen LogP contribution in [0.1, 0.15) is 27.6 Å². The average molecular weight is 333 g/mol. The largest absolute Gasteiger partial charge is 0.424 e. The lowest BCUT2D eigenvalue weighted by Gasteiger charge is -2.06. The Hall–Kier alpha value is -3.54. The highest BCUT2D eigenvalue weighted by molar-refractivity contribution is 6.04. The number of nitrogens with one attached hydrogen (secondary N) is 1. The van der Waals surface area contributed by atoms with Crippen LogP contribution in [0.4, 0.5) is 5.69 Å². The summed E-state index contributed by atoms with van der Waals surface area (Å²) in [6.07, 6.45) is 2.93. The van der Waals surface area contributed by atoms with Gasteiger partial charge in [-0.25, -0.2) is 9.97 Å². The quantitative estimate of drug-likeness (QED) is 0.720. The first-order chi connectivity index (χ1) is 12.1. The molecule has 1 N–H and O–H groups in total. The number of rotatable bonds is 5. The molecule has 124 valence electrons. The van der Waals surface area contributed by atoms with Crippen molar-refractivity contribution in [2.75, 3.05) is 5.32 Å². The lowest BCUT2D eigenvalue weighted by molar-refractivity contribution is 0.100. The van der Waals surface area contributed by atoms with Crippen LogP contribution in [0, 0.1) is 0 Å². The number of aromatic nitrogens is 2. The molecule has 0 unspecified atom stereocenters. The van der Waals surface area contributed by atoms with E-state index in [2.05, 4.69) is 15.3 Å². The highest BCUT2D eigenvalue weighted by Gasteiger charge is 2.08. The lowest BCUT2D eigenvalue weighted by Crippen LogP contribution is -2.12. The Morgan fingerprint density at radius 1 is 0.880 bits per heavy atom. The SMILES string of the molecule is CC(=O)c1ccc(C(=O)Nc2cnc(Oc3ccccc3)nc2)cc1. The summed E-state index contributed by atoms with van der Waals surface area (Å²) in [6, 6.07) is 15.8. The van der Waals surface area contributed by atoms with Crippen LogP contribution in [0.2, 0.25) is 0 Å². The zero-order valence-corrected chi connectivity index (χ0v) is 13.5. The van der Waals surface area contributed by atoms with Crippen LogP contribution in [0.3, 0.4) is 0 Å². The van der Waals surface area contributed by atoms with Crippen molar-refractivity contribution < 1.29 is 14.3 Å². The third kappa shape index (κ3) is 4.26. The zero-order chi connectivity index (χ0) is 17.6. The Bertz CT molecular complexity index is 876. The summed E-state index contributed by atoms with van der Waals surface area (Å²) in [5.74, 6) is 0.273. The van der Waals surface area contributed by atoms with E-state index in [9.17, 15) is 9.59 Å². The van der Waals surface area contributed by atoms with E-state index in [1.165, 1.54) is 19.3 Å². The number of Topliss-reactive ketones (excluding diaryl/α,β-unsaturated/α-hetero) is 1. The number of benzene rings is 2. The molecule has 0 saturated heterocycles. The van der Waals surface area contributed by atoms with Gasteiger partial charge in [-0.2, -0.15) is 0 Å². The van der Waals surface area contributed by atoms with E-state index in [1.807, 2.05) is 18.2 Å². The number of para-hydroxylation sites is 1. The van der Waals surface area contributed by atoms with Gasteiger partial charge in [0, 0.05) is 11.1 Å². The maximum absolute atomic E-state index is 12.2. The van der Waals surface area contributed by atoms with E-state index in [1.54, 1.807) is 36.4 Å². The number of ether oxygens (including phenoxy) is 1. The molecule has 2 aromatic carbocycles. The predicted octanol–water partition coefficient (Wildman–Crippen LogP) is 3.72. The first kappa shape index (κ1) is 16.3. The molecule has 0 radical (unpaired) electrons. The molecule has 0 bridgehead atoms. The van der Waals surface area contributed by atoms with E-state index in [-0.39, 0.29) is 17.7 Å². The number of carbonyl (C=O) groups excluding carboxylic acids is 2. The Morgan fingerprint density at radius 3 is 2.08 bits per heavy atom. The van der Waals surface area contributed by atoms with Gasteiger partial charge < -0.3 is 10.1 Å². The number of hydrogen-bond donors (Lipinski definition) is 1. The monoisotopic (exact) mass is 333 g/mol. The van der Waals surface area contributed by atoms with E-state index in [0.717, 1.165) is 0 Å². The van der Waals surface area contributed by atoms with Gasteiger partial charge in [-0.1, -0.05) is 30.3 Å². The van der Waals surface area contributed by atoms with Crippen LogP contribution in [-0.2, 0) is 0 Å². The van der Waals surface area contributed by atoms with Gasteiger partial charge in [-0.3, -0.25) is 9.59 Å². The molecule has 0 atom stereocenters. The summed E-state index contributed by atoms with van der Waals surface area (Å²) >= 11 is 0. The maximum Gasteiger partial charge on any atom is 0.322 e. The van der Waals surface area contributed by atoms with Crippen molar-refractivity contribution >= 4 is 17.4 Å². The minimum Gasteiger partial charge on any atom is -0.424 e. The van der Waals surface area contributed by atoms with Gasteiger partial charge in [0.1, 0.15) is 5.75 Å². The lowest BCUT2D eigenvalue weighted by atomic mass is 10.1. The summed E-state index contributed by atoms with van der Waals surface area (Å²) in [5, 5.41) is 2.69. The second-order valence-electron chi connectivity index (χ2n) is 5.26. The van der Waals surface area contributed by atoms with Gasteiger partial charge in [-0.15, -0.1) is 0 Å². The van der Waals surface area contributed by atoms with Crippen molar-refractivity contribution in [2.45, 2.75) is 6.92 Å². The molecule has 1 heterocycles. The molecule has 25 heavy (non-hydrogen) atoms. The topological polar surface area (TPSA) is 81.2 Å². The van der Waals surface area contributed by atoms with Gasteiger partial charge in [0.15, 0.2) is 5.78 Å². The summed E-state index contributed by atoms with van der Waals surface area (Å²) in [7, 11) is 0. The first-order valence-corrected chi connectivity index (χ1v) is 7.59.